The standard InChI is InChI=1S/C10H9N3O3S/c1-16-9-4-2-3-8(7-12)10(9)13-17(14,15)6-5-11/h2-4,13H,6H2,1H3. The number of para-hydroxylation sites is 1. The maximum Gasteiger partial charge on any atom is 0.246 e. The number of sulfonamides is 1. The molecule has 17 heavy (non-hydrogen) atoms. The van der Waals surface area contributed by atoms with Crippen LogP contribution in [0.2, 0.25) is 0 Å². The molecule has 0 aliphatic heterocycles. The Labute approximate surface area is 99.1 Å². The molecule has 0 unspecified atom stereocenters. The molecule has 6 nitrogen and oxygen atoms in total. The van der Waals surface area contributed by atoms with Crippen LogP contribution in [0.25, 0.3) is 0 Å². The SMILES string of the molecule is COc1cccc(C#N)c1NS(=O)(=O)CC#N. The van der Waals surface area contributed by atoms with E-state index >= 15 is 0 Å². The summed E-state index contributed by atoms with van der Waals surface area (Å²) < 4.78 is 30.0. The highest BCUT2D eigenvalue weighted by Gasteiger charge is 2.16. The minimum atomic E-state index is -3.79. The van der Waals surface area contributed by atoms with Crippen molar-refractivity contribution >= 4 is 15.7 Å². The van der Waals surface area contributed by atoms with Crippen molar-refractivity contribution in [1.29, 1.82) is 10.5 Å². The summed E-state index contributed by atoms with van der Waals surface area (Å²) in [5, 5.41) is 17.2. The van der Waals surface area contributed by atoms with Gasteiger partial charge in [-0.3, -0.25) is 4.72 Å². The van der Waals surface area contributed by atoms with Crippen LogP contribution in [0, 0.1) is 22.7 Å². The number of ether oxygens (including phenoxy) is 1. The predicted octanol–water partition coefficient (Wildman–Crippen LogP) is 0.832. The minimum Gasteiger partial charge on any atom is -0.495 e. The van der Waals surface area contributed by atoms with Crippen molar-refractivity contribution in [1.82, 2.24) is 0 Å². The molecule has 0 bridgehead atoms. The monoisotopic (exact) mass is 251 g/mol. The third-order valence-electron chi connectivity index (χ3n) is 1.88. The molecule has 1 rings (SSSR count). The molecule has 0 saturated carbocycles. The van der Waals surface area contributed by atoms with E-state index < -0.39 is 15.8 Å². The maximum atomic E-state index is 11.4. The summed E-state index contributed by atoms with van der Waals surface area (Å²) in [7, 11) is -2.43. The van der Waals surface area contributed by atoms with E-state index in [1.165, 1.54) is 25.3 Å². The average Bonchev–Trinajstić information content (AvgIpc) is 2.28. The normalized spacial score (nSPS) is 10.1. The summed E-state index contributed by atoms with van der Waals surface area (Å²) in [6, 6.07) is 7.91. The third-order valence-corrected chi connectivity index (χ3v) is 2.90. The van der Waals surface area contributed by atoms with Crippen molar-refractivity contribution in [3.05, 3.63) is 23.8 Å². The minimum absolute atomic E-state index is 0.0488. The number of methoxy groups -OCH3 is 1. The number of nitriles is 2. The van der Waals surface area contributed by atoms with Crippen molar-refractivity contribution in [2.45, 2.75) is 0 Å². The molecule has 0 amide bonds. The Morgan fingerprint density at radius 2 is 2.12 bits per heavy atom. The molecule has 0 spiro atoms. The highest BCUT2D eigenvalue weighted by Crippen LogP contribution is 2.28. The Morgan fingerprint density at radius 1 is 1.41 bits per heavy atom. The number of nitrogens with one attached hydrogen (secondary N) is 1. The summed E-state index contributed by atoms with van der Waals surface area (Å²) >= 11 is 0. The molecule has 0 heterocycles. The molecule has 88 valence electrons. The van der Waals surface area contributed by atoms with Crippen LogP contribution in [-0.2, 0) is 10.0 Å². The van der Waals surface area contributed by atoms with Crippen LogP contribution in [0.4, 0.5) is 5.69 Å². The second-order valence-electron chi connectivity index (χ2n) is 3.01. The van der Waals surface area contributed by atoms with Crippen LogP contribution >= 0.6 is 0 Å². The van der Waals surface area contributed by atoms with Crippen LogP contribution in [0.1, 0.15) is 5.56 Å². The van der Waals surface area contributed by atoms with E-state index in [1.807, 2.05) is 6.07 Å². The van der Waals surface area contributed by atoms with E-state index in [9.17, 15) is 8.42 Å². The van der Waals surface area contributed by atoms with Gasteiger partial charge in [0.15, 0.2) is 5.75 Å². The van der Waals surface area contributed by atoms with E-state index in [4.69, 9.17) is 15.3 Å². The molecular weight excluding hydrogens is 242 g/mol. The number of benzene rings is 1. The summed E-state index contributed by atoms with van der Waals surface area (Å²) in [6.07, 6.45) is 0. The van der Waals surface area contributed by atoms with Gasteiger partial charge in [-0.15, -0.1) is 0 Å². The Morgan fingerprint density at radius 3 is 2.65 bits per heavy atom. The maximum absolute atomic E-state index is 11.4. The molecule has 0 aromatic heterocycles. The lowest BCUT2D eigenvalue weighted by Gasteiger charge is -2.11. The van der Waals surface area contributed by atoms with Gasteiger partial charge in [0, 0.05) is 0 Å². The van der Waals surface area contributed by atoms with Crippen molar-refractivity contribution < 1.29 is 13.2 Å². The summed E-state index contributed by atoms with van der Waals surface area (Å²) in [5.41, 5.74) is 0.179. The highest BCUT2D eigenvalue weighted by atomic mass is 32.2. The zero-order chi connectivity index (χ0) is 12.9. The van der Waals surface area contributed by atoms with Crippen LogP contribution in [0.3, 0.4) is 0 Å². The fourth-order valence-corrected chi connectivity index (χ4v) is 1.94. The van der Waals surface area contributed by atoms with Gasteiger partial charge in [-0.25, -0.2) is 8.42 Å². The first-order chi connectivity index (χ1) is 8.04. The first kappa shape index (κ1) is 12.8. The number of hydrogen-bond donors (Lipinski definition) is 1. The number of rotatable bonds is 4. The van der Waals surface area contributed by atoms with Crippen LogP contribution in [0.15, 0.2) is 18.2 Å². The molecule has 0 aliphatic rings. The van der Waals surface area contributed by atoms with Gasteiger partial charge in [0.1, 0.15) is 17.5 Å². The van der Waals surface area contributed by atoms with Gasteiger partial charge in [0.2, 0.25) is 10.0 Å². The Bertz CT molecular complexity index is 596. The predicted molar refractivity (Wildman–Crippen MR) is 60.7 cm³/mol. The molecule has 0 atom stereocenters. The summed E-state index contributed by atoms with van der Waals surface area (Å²) in [5.74, 6) is -0.457. The Hall–Kier alpha value is -2.25. The lowest BCUT2D eigenvalue weighted by molar-refractivity contribution is 0.417. The molecule has 1 aromatic carbocycles. The summed E-state index contributed by atoms with van der Waals surface area (Å²) in [6.45, 7) is 0. The van der Waals surface area contributed by atoms with Crippen molar-refractivity contribution in [2.75, 3.05) is 17.6 Å². The van der Waals surface area contributed by atoms with Gasteiger partial charge < -0.3 is 4.74 Å². The Kier molecular flexibility index (Phi) is 3.91. The topological polar surface area (TPSA) is 103 Å². The molecule has 0 aliphatic carbocycles. The molecule has 1 aromatic rings. The lowest BCUT2D eigenvalue weighted by atomic mass is 10.2. The van der Waals surface area contributed by atoms with E-state index in [2.05, 4.69) is 4.72 Å². The van der Waals surface area contributed by atoms with Crippen LogP contribution in [-0.4, -0.2) is 21.3 Å². The van der Waals surface area contributed by atoms with Crippen molar-refractivity contribution in [3.63, 3.8) is 0 Å². The number of hydrogen-bond acceptors (Lipinski definition) is 5. The zero-order valence-electron chi connectivity index (χ0n) is 8.97. The second-order valence-corrected chi connectivity index (χ2v) is 4.74. The van der Waals surface area contributed by atoms with Gasteiger partial charge in [0.05, 0.1) is 18.7 Å². The van der Waals surface area contributed by atoms with Gasteiger partial charge in [-0.1, -0.05) is 6.07 Å². The van der Waals surface area contributed by atoms with Gasteiger partial charge in [0.25, 0.3) is 0 Å². The van der Waals surface area contributed by atoms with E-state index in [1.54, 1.807) is 6.07 Å². The Balaban J connectivity index is 3.23. The lowest BCUT2D eigenvalue weighted by Crippen LogP contribution is -2.17. The first-order valence-corrected chi connectivity index (χ1v) is 6.14. The second kappa shape index (κ2) is 5.19. The van der Waals surface area contributed by atoms with Gasteiger partial charge in [-0.05, 0) is 12.1 Å². The molecule has 7 heteroatoms. The summed E-state index contributed by atoms with van der Waals surface area (Å²) in [4.78, 5) is 0. The average molecular weight is 251 g/mol. The van der Waals surface area contributed by atoms with Gasteiger partial charge in [-0.2, -0.15) is 10.5 Å². The number of nitrogens with zero attached hydrogens (tertiary/aromatic N) is 2. The third kappa shape index (κ3) is 3.10. The molecule has 0 fully saturated rings. The first-order valence-electron chi connectivity index (χ1n) is 4.48. The fourth-order valence-electron chi connectivity index (χ4n) is 1.18. The smallest absolute Gasteiger partial charge is 0.246 e. The fraction of sp³-hybridized carbons (Fsp3) is 0.200. The highest BCUT2D eigenvalue weighted by molar-refractivity contribution is 7.92. The van der Waals surface area contributed by atoms with E-state index in [-0.39, 0.29) is 17.0 Å². The zero-order valence-corrected chi connectivity index (χ0v) is 9.78. The number of anilines is 1. The quantitative estimate of drug-likeness (QED) is 0.853. The molecule has 0 radical (unpaired) electrons. The van der Waals surface area contributed by atoms with Crippen molar-refractivity contribution in [2.24, 2.45) is 0 Å². The van der Waals surface area contributed by atoms with Crippen LogP contribution < -0.4 is 9.46 Å². The van der Waals surface area contributed by atoms with E-state index in [0.717, 1.165) is 0 Å². The van der Waals surface area contributed by atoms with Crippen molar-refractivity contribution in [3.8, 4) is 17.9 Å². The molecule has 1 N–H and O–H groups in total. The molecular formula is C10H9N3O3S. The van der Waals surface area contributed by atoms with Crippen LogP contribution in [0.5, 0.6) is 5.75 Å². The molecule has 0 saturated heterocycles. The van der Waals surface area contributed by atoms with E-state index in [0.29, 0.717) is 0 Å². The van der Waals surface area contributed by atoms with Gasteiger partial charge >= 0.3 is 0 Å². The largest absolute Gasteiger partial charge is 0.495 e.